The smallest absolute Gasteiger partial charge is 0.289 e. The summed E-state index contributed by atoms with van der Waals surface area (Å²) in [6, 6.07) is 11.3. The van der Waals surface area contributed by atoms with Crippen LogP contribution in [0, 0.1) is 0 Å². The Morgan fingerprint density at radius 2 is 1.93 bits per heavy atom. The van der Waals surface area contributed by atoms with Crippen LogP contribution in [0.1, 0.15) is 36.7 Å². The summed E-state index contributed by atoms with van der Waals surface area (Å²) in [6.07, 6.45) is 3.99. The van der Waals surface area contributed by atoms with E-state index < -0.39 is 0 Å². The molecule has 7 nitrogen and oxygen atoms in total. The summed E-state index contributed by atoms with van der Waals surface area (Å²) < 4.78 is 11.2. The lowest BCUT2D eigenvalue weighted by molar-refractivity contribution is -0.120. The number of carbonyl (C=O) groups is 2. The number of nitrogens with one attached hydrogen (secondary N) is 1. The van der Waals surface area contributed by atoms with Crippen molar-refractivity contribution in [1.82, 2.24) is 10.2 Å². The molecule has 29 heavy (non-hydrogen) atoms. The van der Waals surface area contributed by atoms with Gasteiger partial charge in [-0.25, -0.2) is 0 Å². The number of amides is 2. The van der Waals surface area contributed by atoms with Crippen molar-refractivity contribution in [2.75, 3.05) is 31.1 Å². The summed E-state index contributed by atoms with van der Waals surface area (Å²) in [5.41, 5.74) is 0.964. The second kappa shape index (κ2) is 8.59. The molecule has 0 radical (unpaired) electrons. The van der Waals surface area contributed by atoms with Gasteiger partial charge in [-0.05, 0) is 43.5 Å². The predicted octanol–water partition coefficient (Wildman–Crippen LogP) is 2.68. The topological polar surface area (TPSA) is 75.0 Å². The van der Waals surface area contributed by atoms with E-state index in [2.05, 4.69) is 17.1 Å². The molecule has 0 saturated carbocycles. The SMILES string of the molecule is CCC1CN(CC(=O)NC2CCN(C(=O)c3ccco3)CC2)c2ccccc2O1. The fraction of sp³-hybridized carbons (Fsp3) is 0.455. The summed E-state index contributed by atoms with van der Waals surface area (Å²) in [6.45, 7) is 4.33. The number of benzene rings is 1. The van der Waals surface area contributed by atoms with E-state index in [9.17, 15) is 9.59 Å². The third-order valence-electron chi connectivity index (χ3n) is 5.59. The predicted molar refractivity (Wildman–Crippen MR) is 109 cm³/mol. The summed E-state index contributed by atoms with van der Waals surface area (Å²) in [7, 11) is 0. The Morgan fingerprint density at radius 3 is 2.66 bits per heavy atom. The zero-order valence-electron chi connectivity index (χ0n) is 16.7. The van der Waals surface area contributed by atoms with Gasteiger partial charge in [-0.2, -0.15) is 0 Å². The number of hydrogen-bond donors (Lipinski definition) is 1. The molecule has 1 atom stereocenters. The lowest BCUT2D eigenvalue weighted by atomic mass is 10.0. The van der Waals surface area contributed by atoms with Crippen LogP contribution in [-0.2, 0) is 4.79 Å². The van der Waals surface area contributed by atoms with Crippen molar-refractivity contribution in [1.29, 1.82) is 0 Å². The Hall–Kier alpha value is -2.96. The van der Waals surface area contributed by atoms with Gasteiger partial charge in [0.1, 0.15) is 11.9 Å². The Bertz CT molecular complexity index is 844. The van der Waals surface area contributed by atoms with Crippen molar-refractivity contribution >= 4 is 17.5 Å². The number of anilines is 1. The molecular formula is C22H27N3O4. The van der Waals surface area contributed by atoms with E-state index in [-0.39, 0.29) is 24.0 Å². The van der Waals surface area contributed by atoms with Gasteiger partial charge >= 0.3 is 0 Å². The van der Waals surface area contributed by atoms with E-state index in [1.165, 1.54) is 6.26 Å². The third kappa shape index (κ3) is 4.39. The largest absolute Gasteiger partial charge is 0.486 e. The maximum absolute atomic E-state index is 12.7. The molecular weight excluding hydrogens is 370 g/mol. The van der Waals surface area contributed by atoms with Crippen molar-refractivity contribution < 1.29 is 18.7 Å². The third-order valence-corrected chi connectivity index (χ3v) is 5.59. The number of rotatable bonds is 5. The van der Waals surface area contributed by atoms with Gasteiger partial charge in [-0.3, -0.25) is 9.59 Å². The van der Waals surface area contributed by atoms with Crippen LogP contribution in [0.25, 0.3) is 0 Å². The summed E-state index contributed by atoms with van der Waals surface area (Å²) in [5.74, 6) is 1.12. The lowest BCUT2D eigenvalue weighted by Gasteiger charge is -2.36. The highest BCUT2D eigenvalue weighted by Crippen LogP contribution is 2.33. The van der Waals surface area contributed by atoms with Crippen LogP contribution in [0.5, 0.6) is 5.75 Å². The van der Waals surface area contributed by atoms with Gasteiger partial charge in [0.05, 0.1) is 25.0 Å². The first-order chi connectivity index (χ1) is 14.1. The highest BCUT2D eigenvalue weighted by Gasteiger charge is 2.28. The maximum Gasteiger partial charge on any atom is 0.289 e. The van der Waals surface area contributed by atoms with Crippen LogP contribution in [0.4, 0.5) is 5.69 Å². The second-order valence-electron chi connectivity index (χ2n) is 7.61. The fourth-order valence-corrected chi connectivity index (χ4v) is 3.97. The Labute approximate surface area is 170 Å². The zero-order valence-corrected chi connectivity index (χ0v) is 16.7. The molecule has 2 aliphatic rings. The van der Waals surface area contributed by atoms with E-state index in [0.717, 1.165) is 30.7 Å². The van der Waals surface area contributed by atoms with Crippen LogP contribution in [0.15, 0.2) is 47.1 Å². The molecule has 0 bridgehead atoms. The van der Waals surface area contributed by atoms with Crippen LogP contribution in [0.2, 0.25) is 0 Å². The number of hydrogen-bond acceptors (Lipinski definition) is 5. The average molecular weight is 397 g/mol. The van der Waals surface area contributed by atoms with E-state index in [0.29, 0.717) is 31.9 Å². The van der Waals surface area contributed by atoms with E-state index in [4.69, 9.17) is 9.15 Å². The van der Waals surface area contributed by atoms with Gasteiger partial charge < -0.3 is 24.3 Å². The van der Waals surface area contributed by atoms with E-state index in [1.54, 1.807) is 17.0 Å². The molecule has 3 heterocycles. The molecule has 1 aromatic carbocycles. The van der Waals surface area contributed by atoms with Gasteiger partial charge in [-0.1, -0.05) is 19.1 Å². The molecule has 0 spiro atoms. The van der Waals surface area contributed by atoms with Crippen molar-refractivity contribution in [2.24, 2.45) is 0 Å². The van der Waals surface area contributed by atoms with Gasteiger partial charge in [0, 0.05) is 19.1 Å². The zero-order chi connectivity index (χ0) is 20.2. The first-order valence-electron chi connectivity index (χ1n) is 10.3. The van der Waals surface area contributed by atoms with Crippen molar-refractivity contribution in [3.8, 4) is 5.75 Å². The van der Waals surface area contributed by atoms with Gasteiger partial charge in [-0.15, -0.1) is 0 Å². The van der Waals surface area contributed by atoms with Crippen molar-refractivity contribution in [3.05, 3.63) is 48.4 Å². The first kappa shape index (κ1) is 19.4. The van der Waals surface area contributed by atoms with Crippen molar-refractivity contribution in [3.63, 3.8) is 0 Å². The number of fused-ring (bicyclic) bond motifs is 1. The van der Waals surface area contributed by atoms with Crippen LogP contribution < -0.4 is 15.0 Å². The molecule has 4 rings (SSSR count). The molecule has 1 fully saturated rings. The van der Waals surface area contributed by atoms with E-state index in [1.807, 2.05) is 24.3 Å². The highest BCUT2D eigenvalue weighted by molar-refractivity contribution is 5.91. The molecule has 1 saturated heterocycles. The molecule has 1 unspecified atom stereocenters. The minimum Gasteiger partial charge on any atom is -0.486 e. The molecule has 1 N–H and O–H groups in total. The normalized spacial score (nSPS) is 19.4. The van der Waals surface area contributed by atoms with Crippen LogP contribution >= 0.6 is 0 Å². The average Bonchev–Trinajstić information content (AvgIpc) is 3.28. The number of para-hydroxylation sites is 2. The standard InChI is InChI=1S/C22H27N3O4/c1-2-17-14-25(18-6-3-4-7-19(18)29-17)15-21(26)23-16-9-11-24(12-10-16)22(27)20-8-5-13-28-20/h3-8,13,16-17H,2,9-12,14-15H2,1H3,(H,23,26). The van der Waals surface area contributed by atoms with Gasteiger partial charge in [0.15, 0.2) is 5.76 Å². The molecule has 1 aromatic heterocycles. The summed E-state index contributed by atoms with van der Waals surface area (Å²) in [5, 5.41) is 3.14. The molecule has 2 aromatic rings. The number of ether oxygens (including phenoxy) is 1. The minimum atomic E-state index is -0.0877. The van der Waals surface area contributed by atoms with Gasteiger partial charge in [0.2, 0.25) is 5.91 Å². The molecule has 7 heteroatoms. The fourth-order valence-electron chi connectivity index (χ4n) is 3.97. The first-order valence-corrected chi connectivity index (χ1v) is 10.3. The summed E-state index contributed by atoms with van der Waals surface area (Å²) >= 11 is 0. The lowest BCUT2D eigenvalue weighted by Crippen LogP contribution is -2.50. The maximum atomic E-state index is 12.7. The Morgan fingerprint density at radius 1 is 1.14 bits per heavy atom. The van der Waals surface area contributed by atoms with Gasteiger partial charge in [0.25, 0.3) is 5.91 Å². The van der Waals surface area contributed by atoms with Crippen molar-refractivity contribution in [2.45, 2.75) is 38.3 Å². The molecule has 154 valence electrons. The summed E-state index contributed by atoms with van der Waals surface area (Å²) in [4.78, 5) is 28.9. The van der Waals surface area contributed by atoms with E-state index >= 15 is 0 Å². The number of furan rings is 1. The number of carbonyl (C=O) groups excluding carboxylic acids is 2. The number of nitrogens with zero attached hydrogens (tertiary/aromatic N) is 2. The molecule has 2 aliphatic heterocycles. The Kier molecular flexibility index (Phi) is 5.74. The highest BCUT2D eigenvalue weighted by atomic mass is 16.5. The minimum absolute atomic E-state index is 0.00682. The number of piperidine rings is 1. The van der Waals surface area contributed by atoms with Crippen LogP contribution in [-0.4, -0.2) is 55.0 Å². The van der Waals surface area contributed by atoms with Crippen LogP contribution in [0.3, 0.4) is 0 Å². The quantitative estimate of drug-likeness (QED) is 0.840. The monoisotopic (exact) mass is 397 g/mol. The molecule has 2 amide bonds. The molecule has 0 aliphatic carbocycles. The second-order valence-corrected chi connectivity index (χ2v) is 7.61. The Balaban J connectivity index is 1.30. The number of likely N-dealkylation sites (tertiary alicyclic amines) is 1.